The zero-order chi connectivity index (χ0) is 22.9. The molecule has 9 heteroatoms. The number of alkyl halides is 3. The van der Waals surface area contributed by atoms with Crippen LogP contribution in [-0.4, -0.2) is 22.2 Å². The van der Waals surface area contributed by atoms with Gasteiger partial charge >= 0.3 is 6.18 Å². The van der Waals surface area contributed by atoms with Gasteiger partial charge in [0.05, 0.1) is 30.3 Å². The van der Waals surface area contributed by atoms with E-state index in [1.165, 1.54) is 10.8 Å². The Kier molecular flexibility index (Phi) is 6.17. The molecule has 31 heavy (non-hydrogen) atoms. The van der Waals surface area contributed by atoms with Crippen LogP contribution in [0.5, 0.6) is 0 Å². The molecule has 1 atom stereocenters. The fourth-order valence-electron chi connectivity index (χ4n) is 3.34. The maximum atomic E-state index is 14.2. The number of pyridine rings is 1. The molecule has 5 nitrogen and oxygen atoms in total. The van der Waals surface area contributed by atoms with Crippen molar-refractivity contribution in [1.29, 1.82) is 0 Å². The number of hydrogen-bond acceptors (Lipinski definition) is 3. The van der Waals surface area contributed by atoms with Gasteiger partial charge in [-0.1, -0.05) is 18.2 Å². The Morgan fingerprint density at radius 3 is 2.52 bits per heavy atom. The molecule has 0 unspecified atom stereocenters. The fraction of sp³-hybridized carbons (Fsp3) is 0.273. The number of nitrogens with zero attached hydrogens (tertiary/aromatic N) is 1. The van der Waals surface area contributed by atoms with Gasteiger partial charge < -0.3 is 15.0 Å². The quantitative estimate of drug-likeness (QED) is 0.589. The highest BCUT2D eigenvalue weighted by Gasteiger charge is 2.35. The number of aryl methyl sites for hydroxylation is 1. The van der Waals surface area contributed by atoms with Crippen LogP contribution in [0.3, 0.4) is 0 Å². The number of carbonyl (C=O) groups excluding carboxylic acids is 1. The van der Waals surface area contributed by atoms with E-state index in [0.717, 1.165) is 12.1 Å². The summed E-state index contributed by atoms with van der Waals surface area (Å²) in [6.07, 6.45) is -3.98. The first kappa shape index (κ1) is 22.5. The first-order valence-electron chi connectivity index (χ1n) is 9.44. The van der Waals surface area contributed by atoms with Crippen molar-refractivity contribution in [3.05, 3.63) is 75.5 Å². The standard InChI is InChI=1S/C22H20F4N2O3/c1-12-6-7-16-15(8-9-28(21(16)31)13(2)11-29)20(12)27-18(30)10-14-4-3-5-17(19(14)23)22(24,25)26/h3-9,13,29H,10-11H2,1-2H3,(H,27,30)/t13-/m1/s1. The SMILES string of the molecule is Cc1ccc2c(=O)n([C@H](C)CO)ccc2c1NC(=O)Cc1cccc(C(F)(F)F)c1F. The van der Waals surface area contributed by atoms with Crippen LogP contribution in [0.25, 0.3) is 10.8 Å². The average molecular weight is 436 g/mol. The van der Waals surface area contributed by atoms with Crippen molar-refractivity contribution in [3.8, 4) is 0 Å². The van der Waals surface area contributed by atoms with E-state index < -0.39 is 35.9 Å². The third-order valence-corrected chi connectivity index (χ3v) is 5.06. The molecule has 0 aliphatic heterocycles. The van der Waals surface area contributed by atoms with E-state index in [1.54, 1.807) is 32.0 Å². The van der Waals surface area contributed by atoms with Crippen molar-refractivity contribution in [3.63, 3.8) is 0 Å². The monoisotopic (exact) mass is 436 g/mol. The molecule has 0 aliphatic carbocycles. The molecule has 2 aromatic carbocycles. The maximum absolute atomic E-state index is 14.2. The number of carbonyl (C=O) groups is 1. The number of nitrogens with one attached hydrogen (secondary N) is 1. The van der Waals surface area contributed by atoms with E-state index in [9.17, 15) is 32.3 Å². The lowest BCUT2D eigenvalue weighted by Gasteiger charge is -2.16. The molecule has 0 fully saturated rings. The molecule has 0 bridgehead atoms. The third-order valence-electron chi connectivity index (χ3n) is 5.06. The number of amides is 1. The molecule has 0 radical (unpaired) electrons. The van der Waals surface area contributed by atoms with Crippen LogP contribution in [0.2, 0.25) is 0 Å². The normalized spacial score (nSPS) is 12.7. The van der Waals surface area contributed by atoms with Gasteiger partial charge in [-0.05, 0) is 43.2 Å². The highest BCUT2D eigenvalue weighted by molar-refractivity contribution is 6.03. The summed E-state index contributed by atoms with van der Waals surface area (Å²) in [6.45, 7) is 3.14. The summed E-state index contributed by atoms with van der Waals surface area (Å²) < 4.78 is 54.3. The first-order chi connectivity index (χ1) is 14.5. The number of fused-ring (bicyclic) bond motifs is 1. The van der Waals surface area contributed by atoms with E-state index in [-0.39, 0.29) is 17.7 Å². The molecule has 3 rings (SSSR count). The van der Waals surface area contributed by atoms with Crippen LogP contribution in [0.4, 0.5) is 23.2 Å². The molecule has 164 valence electrons. The Morgan fingerprint density at radius 2 is 1.87 bits per heavy atom. The van der Waals surface area contributed by atoms with Gasteiger partial charge in [0.2, 0.25) is 5.91 Å². The first-order valence-corrected chi connectivity index (χ1v) is 9.44. The van der Waals surface area contributed by atoms with E-state index in [2.05, 4.69) is 5.32 Å². The van der Waals surface area contributed by atoms with Crippen LogP contribution < -0.4 is 10.9 Å². The molecular weight excluding hydrogens is 416 g/mol. The molecule has 1 aromatic heterocycles. The van der Waals surface area contributed by atoms with Crippen molar-refractivity contribution in [1.82, 2.24) is 4.57 Å². The Morgan fingerprint density at radius 1 is 1.16 bits per heavy atom. The second kappa shape index (κ2) is 8.50. The second-order valence-corrected chi connectivity index (χ2v) is 7.28. The summed E-state index contributed by atoms with van der Waals surface area (Å²) in [5.74, 6) is -2.21. The van der Waals surface area contributed by atoms with Crippen LogP contribution >= 0.6 is 0 Å². The predicted octanol–water partition coefficient (Wildman–Crippen LogP) is 4.20. The number of hydrogen-bond donors (Lipinski definition) is 2. The summed E-state index contributed by atoms with van der Waals surface area (Å²) in [5, 5.41) is 12.6. The minimum atomic E-state index is -4.87. The molecule has 0 saturated carbocycles. The Labute approximate surface area is 174 Å². The second-order valence-electron chi connectivity index (χ2n) is 7.28. The molecule has 1 heterocycles. The van der Waals surface area contributed by atoms with Crippen LogP contribution in [0.15, 0.2) is 47.4 Å². The smallest absolute Gasteiger partial charge is 0.394 e. The van der Waals surface area contributed by atoms with Crippen molar-refractivity contribution in [2.24, 2.45) is 0 Å². The molecule has 0 saturated heterocycles. The number of anilines is 1. The minimum Gasteiger partial charge on any atom is -0.394 e. The van der Waals surface area contributed by atoms with Crippen LogP contribution in [-0.2, 0) is 17.4 Å². The molecular formula is C22H20F4N2O3. The van der Waals surface area contributed by atoms with Gasteiger partial charge in [0.1, 0.15) is 5.82 Å². The average Bonchev–Trinajstić information content (AvgIpc) is 2.70. The number of aromatic nitrogens is 1. The lowest BCUT2D eigenvalue weighted by atomic mass is 10.0. The van der Waals surface area contributed by atoms with E-state index in [4.69, 9.17) is 0 Å². The summed E-state index contributed by atoms with van der Waals surface area (Å²) in [7, 11) is 0. The van der Waals surface area contributed by atoms with E-state index >= 15 is 0 Å². The largest absolute Gasteiger partial charge is 0.419 e. The lowest BCUT2D eigenvalue weighted by Crippen LogP contribution is -2.25. The summed E-state index contributed by atoms with van der Waals surface area (Å²) >= 11 is 0. The summed E-state index contributed by atoms with van der Waals surface area (Å²) in [6, 6.07) is 7.16. The molecule has 1 amide bonds. The molecule has 0 aliphatic rings. The van der Waals surface area contributed by atoms with Crippen molar-refractivity contribution in [2.45, 2.75) is 32.5 Å². The summed E-state index contributed by atoms with van der Waals surface area (Å²) in [5.41, 5.74) is -1.24. The van der Waals surface area contributed by atoms with E-state index in [0.29, 0.717) is 28.1 Å². The topological polar surface area (TPSA) is 71.3 Å². The number of aliphatic hydroxyl groups excluding tert-OH is 1. The zero-order valence-electron chi connectivity index (χ0n) is 16.8. The van der Waals surface area contributed by atoms with Gasteiger partial charge in [0, 0.05) is 17.0 Å². The van der Waals surface area contributed by atoms with Gasteiger partial charge in [-0.15, -0.1) is 0 Å². The van der Waals surface area contributed by atoms with Gasteiger partial charge in [-0.25, -0.2) is 4.39 Å². The van der Waals surface area contributed by atoms with Crippen LogP contribution in [0, 0.1) is 12.7 Å². The molecule has 2 N–H and O–H groups in total. The van der Waals surface area contributed by atoms with Crippen molar-refractivity contribution in [2.75, 3.05) is 11.9 Å². The molecule has 0 spiro atoms. The number of rotatable bonds is 5. The van der Waals surface area contributed by atoms with Crippen LogP contribution in [0.1, 0.15) is 29.7 Å². The Balaban J connectivity index is 1.95. The number of benzene rings is 2. The number of halogens is 4. The zero-order valence-corrected chi connectivity index (χ0v) is 16.8. The number of aliphatic hydroxyl groups is 1. The maximum Gasteiger partial charge on any atom is 0.419 e. The van der Waals surface area contributed by atoms with E-state index in [1.807, 2.05) is 0 Å². The lowest BCUT2D eigenvalue weighted by molar-refractivity contribution is -0.140. The summed E-state index contributed by atoms with van der Waals surface area (Å²) in [4.78, 5) is 25.3. The van der Waals surface area contributed by atoms with Crippen molar-refractivity contribution < 1.29 is 27.5 Å². The predicted molar refractivity (Wildman–Crippen MR) is 108 cm³/mol. The van der Waals surface area contributed by atoms with Crippen molar-refractivity contribution >= 4 is 22.4 Å². The van der Waals surface area contributed by atoms with Gasteiger partial charge in [0.15, 0.2) is 0 Å². The third kappa shape index (κ3) is 4.46. The highest BCUT2D eigenvalue weighted by Crippen LogP contribution is 2.33. The Hall–Kier alpha value is -3.20. The van der Waals surface area contributed by atoms with Gasteiger partial charge in [-0.2, -0.15) is 13.2 Å². The van der Waals surface area contributed by atoms with Gasteiger partial charge in [-0.3, -0.25) is 9.59 Å². The fourth-order valence-corrected chi connectivity index (χ4v) is 3.34. The molecule has 3 aromatic rings. The Bertz CT molecular complexity index is 1200. The van der Waals surface area contributed by atoms with Gasteiger partial charge in [0.25, 0.3) is 5.56 Å². The minimum absolute atomic E-state index is 0.233. The highest BCUT2D eigenvalue weighted by atomic mass is 19.4.